The molecule has 0 fully saturated rings. The van der Waals surface area contributed by atoms with E-state index < -0.39 is 0 Å². The maximum atomic E-state index is 9.03. The largest absolute Gasteiger partial charge is 0.508 e. The van der Waals surface area contributed by atoms with Crippen LogP contribution in [0.1, 0.15) is 0 Å². The minimum Gasteiger partial charge on any atom is -0.508 e. The van der Waals surface area contributed by atoms with Gasteiger partial charge in [0.1, 0.15) is 16.7 Å². The lowest BCUT2D eigenvalue weighted by molar-refractivity contribution is 0.442. The summed E-state index contributed by atoms with van der Waals surface area (Å²) in [6.07, 6.45) is 1.46. The highest BCUT2D eigenvalue weighted by atomic mass is 35.5. The van der Waals surface area contributed by atoms with Gasteiger partial charge in [-0.15, -0.1) is 0 Å². The summed E-state index contributed by atoms with van der Waals surface area (Å²) in [4.78, 5) is 6.57. The third-order valence-electron chi connectivity index (χ3n) is 1.57. The highest BCUT2D eigenvalue weighted by molar-refractivity contribution is 6.29. The zero-order valence-corrected chi connectivity index (χ0v) is 7.82. The lowest BCUT2D eigenvalue weighted by Crippen LogP contribution is -1.84. The third-order valence-corrected chi connectivity index (χ3v) is 1.76. The van der Waals surface area contributed by atoms with Crippen molar-refractivity contribution in [1.29, 1.82) is 0 Å². The van der Waals surface area contributed by atoms with Gasteiger partial charge in [-0.2, -0.15) is 0 Å². The number of phenols is 1. The van der Waals surface area contributed by atoms with Crippen molar-refractivity contribution >= 4 is 11.6 Å². The molecule has 2 rings (SSSR count). The van der Waals surface area contributed by atoms with Gasteiger partial charge in [-0.25, -0.2) is 4.98 Å². The Morgan fingerprint density at radius 1 is 1.29 bits per heavy atom. The summed E-state index contributed by atoms with van der Waals surface area (Å²) in [6.45, 7) is 0. The van der Waals surface area contributed by atoms with Gasteiger partial charge in [0.25, 0.3) is 6.01 Å². The fraction of sp³-hybridized carbons (Fsp3) is 0. The number of ether oxygens (including phenoxy) is 1. The first-order valence-corrected chi connectivity index (χ1v) is 4.29. The molecule has 14 heavy (non-hydrogen) atoms. The van der Waals surface area contributed by atoms with Crippen molar-refractivity contribution in [2.45, 2.75) is 0 Å². The first kappa shape index (κ1) is 8.90. The topological polar surface area (TPSA) is 58.1 Å². The van der Waals surface area contributed by atoms with Crippen molar-refractivity contribution in [2.24, 2.45) is 0 Å². The normalized spacial score (nSPS) is 10.1. The molecule has 0 spiro atoms. The Bertz CT molecular complexity index is 425. The maximum absolute atomic E-state index is 9.03. The summed E-state index contributed by atoms with van der Waals surface area (Å²) in [7, 11) is 0. The van der Waals surface area contributed by atoms with E-state index >= 15 is 0 Å². The van der Waals surface area contributed by atoms with E-state index in [4.69, 9.17) is 21.4 Å². The van der Waals surface area contributed by atoms with Gasteiger partial charge in [0.15, 0.2) is 0 Å². The number of nitrogens with zero attached hydrogens (tertiary/aromatic N) is 1. The number of hydrogen-bond acceptors (Lipinski definition) is 3. The number of nitrogens with one attached hydrogen (secondary N) is 1. The van der Waals surface area contributed by atoms with Crippen LogP contribution in [0, 0.1) is 0 Å². The van der Waals surface area contributed by atoms with Gasteiger partial charge in [-0.05, 0) is 24.3 Å². The van der Waals surface area contributed by atoms with Crippen LogP contribution in [0.3, 0.4) is 0 Å². The summed E-state index contributed by atoms with van der Waals surface area (Å²) in [5.41, 5.74) is 0. The zero-order valence-electron chi connectivity index (χ0n) is 7.07. The van der Waals surface area contributed by atoms with Gasteiger partial charge < -0.3 is 9.84 Å². The monoisotopic (exact) mass is 210 g/mol. The first-order valence-electron chi connectivity index (χ1n) is 3.91. The van der Waals surface area contributed by atoms with E-state index in [-0.39, 0.29) is 5.75 Å². The SMILES string of the molecule is Oc1ccc(Oc2ncc(Cl)[nH]2)cc1. The maximum Gasteiger partial charge on any atom is 0.300 e. The summed E-state index contributed by atoms with van der Waals surface area (Å²) in [6, 6.07) is 6.64. The predicted octanol–water partition coefficient (Wildman–Crippen LogP) is 2.56. The van der Waals surface area contributed by atoms with E-state index in [1.54, 1.807) is 12.1 Å². The quantitative estimate of drug-likeness (QED) is 0.801. The number of rotatable bonds is 2. The Morgan fingerprint density at radius 2 is 2.00 bits per heavy atom. The Balaban J connectivity index is 2.15. The van der Waals surface area contributed by atoms with Gasteiger partial charge in [0.05, 0.1) is 6.20 Å². The smallest absolute Gasteiger partial charge is 0.300 e. The Labute approximate surface area is 85.1 Å². The molecular weight excluding hydrogens is 204 g/mol. The van der Waals surface area contributed by atoms with Crippen molar-refractivity contribution in [3.63, 3.8) is 0 Å². The summed E-state index contributed by atoms with van der Waals surface area (Å²) in [5.74, 6) is 0.767. The van der Waals surface area contributed by atoms with E-state index in [0.29, 0.717) is 16.9 Å². The van der Waals surface area contributed by atoms with Crippen molar-refractivity contribution in [1.82, 2.24) is 9.97 Å². The lowest BCUT2D eigenvalue weighted by atomic mass is 10.3. The molecule has 2 aromatic rings. The van der Waals surface area contributed by atoms with E-state index in [9.17, 15) is 0 Å². The molecule has 2 N–H and O–H groups in total. The molecule has 0 atom stereocenters. The molecule has 5 heteroatoms. The molecule has 0 saturated heterocycles. The minimum absolute atomic E-state index is 0.190. The van der Waals surface area contributed by atoms with Crippen LogP contribution in [0.25, 0.3) is 0 Å². The van der Waals surface area contributed by atoms with Crippen LogP contribution >= 0.6 is 11.6 Å². The van der Waals surface area contributed by atoms with E-state index in [1.165, 1.54) is 18.3 Å². The summed E-state index contributed by atoms with van der Waals surface area (Å²) >= 11 is 5.61. The van der Waals surface area contributed by atoms with Crippen molar-refractivity contribution in [3.8, 4) is 17.5 Å². The van der Waals surface area contributed by atoms with Gasteiger partial charge >= 0.3 is 0 Å². The number of hydrogen-bond donors (Lipinski definition) is 2. The molecule has 1 heterocycles. The second-order valence-electron chi connectivity index (χ2n) is 2.63. The summed E-state index contributed by atoms with van der Waals surface area (Å²) < 4.78 is 5.29. The number of halogens is 1. The molecule has 0 radical (unpaired) electrons. The fourth-order valence-corrected chi connectivity index (χ4v) is 1.09. The zero-order chi connectivity index (χ0) is 9.97. The van der Waals surface area contributed by atoms with Crippen LogP contribution in [-0.4, -0.2) is 15.1 Å². The second-order valence-corrected chi connectivity index (χ2v) is 3.04. The Kier molecular flexibility index (Phi) is 2.28. The molecule has 0 amide bonds. The highest BCUT2D eigenvalue weighted by Gasteiger charge is 2.00. The van der Waals surface area contributed by atoms with E-state index in [1.807, 2.05) is 0 Å². The molecule has 0 saturated carbocycles. The van der Waals surface area contributed by atoms with Crippen LogP contribution in [0.15, 0.2) is 30.5 Å². The number of benzene rings is 1. The molecule has 1 aromatic heterocycles. The molecule has 4 nitrogen and oxygen atoms in total. The molecule has 0 aliphatic rings. The van der Waals surface area contributed by atoms with Crippen LogP contribution in [0.2, 0.25) is 5.15 Å². The van der Waals surface area contributed by atoms with Crippen LogP contribution in [0.5, 0.6) is 17.5 Å². The highest BCUT2D eigenvalue weighted by Crippen LogP contribution is 2.21. The molecule has 1 aromatic carbocycles. The molecule has 0 aliphatic heterocycles. The number of aromatic nitrogens is 2. The summed E-state index contributed by atoms with van der Waals surface area (Å²) in [5, 5.41) is 9.44. The lowest BCUT2D eigenvalue weighted by Gasteiger charge is -2.00. The van der Waals surface area contributed by atoms with Gasteiger partial charge in [0.2, 0.25) is 0 Å². The number of imidazole rings is 1. The number of H-pyrrole nitrogens is 1. The molecule has 0 unspecified atom stereocenters. The average Bonchev–Trinajstić information content (AvgIpc) is 2.56. The number of aromatic amines is 1. The van der Waals surface area contributed by atoms with Crippen LogP contribution < -0.4 is 4.74 Å². The molecular formula is C9H7ClN2O2. The van der Waals surface area contributed by atoms with Gasteiger partial charge in [0, 0.05) is 0 Å². The predicted molar refractivity (Wildman–Crippen MR) is 51.8 cm³/mol. The van der Waals surface area contributed by atoms with Crippen molar-refractivity contribution < 1.29 is 9.84 Å². The molecule has 0 bridgehead atoms. The van der Waals surface area contributed by atoms with E-state index in [2.05, 4.69) is 9.97 Å². The number of phenolic OH excluding ortho intramolecular Hbond substituents is 1. The Hall–Kier alpha value is -1.68. The van der Waals surface area contributed by atoms with Crippen LogP contribution in [-0.2, 0) is 0 Å². The third kappa shape index (κ3) is 1.97. The minimum atomic E-state index is 0.190. The van der Waals surface area contributed by atoms with Crippen molar-refractivity contribution in [2.75, 3.05) is 0 Å². The second kappa shape index (κ2) is 3.59. The van der Waals surface area contributed by atoms with Gasteiger partial charge in [-0.3, -0.25) is 4.98 Å². The standard InChI is InChI=1S/C9H7ClN2O2/c10-8-5-11-9(12-8)14-7-3-1-6(13)2-4-7/h1-5,13H,(H,11,12). The average molecular weight is 211 g/mol. The molecule has 0 aliphatic carbocycles. The fourth-order valence-electron chi connectivity index (χ4n) is 0.960. The van der Waals surface area contributed by atoms with Crippen LogP contribution in [0.4, 0.5) is 0 Å². The Morgan fingerprint density at radius 3 is 2.57 bits per heavy atom. The first-order chi connectivity index (χ1) is 6.74. The molecule has 72 valence electrons. The van der Waals surface area contributed by atoms with E-state index in [0.717, 1.165) is 0 Å². The number of aromatic hydroxyl groups is 1. The van der Waals surface area contributed by atoms with Gasteiger partial charge in [-0.1, -0.05) is 11.6 Å². The van der Waals surface area contributed by atoms with Crippen molar-refractivity contribution in [3.05, 3.63) is 35.6 Å².